The molecule has 1 aromatic carbocycles. The molecule has 0 spiro atoms. The molecule has 1 aromatic rings. The van der Waals surface area contributed by atoms with E-state index < -0.39 is 5.97 Å². The topological polar surface area (TPSA) is 138 Å². The minimum Gasteiger partial charge on any atom is -0.506 e. The number of esters is 1. The SMILES string of the molecule is N#C/C(=C\C=C\c1ccc(O)c(N=O)c1)C(=O)OCCOCCOCCO. The summed E-state index contributed by atoms with van der Waals surface area (Å²) in [5, 5.41) is 29.6. The van der Waals surface area contributed by atoms with Crippen LogP contribution in [0.3, 0.4) is 0 Å². The quantitative estimate of drug-likeness (QED) is 0.141. The summed E-state index contributed by atoms with van der Waals surface area (Å²) >= 11 is 0. The van der Waals surface area contributed by atoms with Crippen molar-refractivity contribution in [1.82, 2.24) is 0 Å². The van der Waals surface area contributed by atoms with Crippen LogP contribution in [-0.4, -0.2) is 55.8 Å². The summed E-state index contributed by atoms with van der Waals surface area (Å²) in [6.45, 7) is 0.926. The smallest absolute Gasteiger partial charge is 0.348 e. The van der Waals surface area contributed by atoms with Crippen LogP contribution < -0.4 is 0 Å². The first kappa shape index (κ1) is 22.0. The Kier molecular flexibility index (Phi) is 10.7. The number of phenolic OH excluding ortho intramolecular Hbond substituents is 1. The largest absolute Gasteiger partial charge is 0.506 e. The molecule has 0 unspecified atom stereocenters. The molecule has 0 heterocycles. The summed E-state index contributed by atoms with van der Waals surface area (Å²) in [5.74, 6) is -1.02. The number of nitroso groups, excluding NO2 is 1. The molecule has 0 amide bonds. The molecule has 0 radical (unpaired) electrons. The van der Waals surface area contributed by atoms with Gasteiger partial charge in [-0.3, -0.25) is 0 Å². The molecule has 9 heteroatoms. The molecule has 0 bridgehead atoms. The van der Waals surface area contributed by atoms with Crippen LogP contribution in [-0.2, 0) is 19.0 Å². The highest BCUT2D eigenvalue weighted by molar-refractivity contribution is 5.93. The summed E-state index contributed by atoms with van der Waals surface area (Å²) in [7, 11) is 0. The molecule has 0 aliphatic rings. The van der Waals surface area contributed by atoms with Crippen molar-refractivity contribution in [3.8, 4) is 11.8 Å². The van der Waals surface area contributed by atoms with Gasteiger partial charge in [0.1, 0.15) is 29.7 Å². The number of hydrogen-bond acceptors (Lipinski definition) is 9. The number of aromatic hydroxyl groups is 1. The number of carbonyl (C=O) groups is 1. The van der Waals surface area contributed by atoms with E-state index in [0.29, 0.717) is 18.8 Å². The summed E-state index contributed by atoms with van der Waals surface area (Å²) in [5.41, 5.74) is 0.244. The van der Waals surface area contributed by atoms with Gasteiger partial charge >= 0.3 is 5.97 Å². The van der Waals surface area contributed by atoms with Crippen molar-refractivity contribution in [2.45, 2.75) is 0 Å². The zero-order valence-electron chi connectivity index (χ0n) is 14.5. The fraction of sp³-hybridized carbons (Fsp3) is 0.333. The molecule has 2 N–H and O–H groups in total. The third-order valence-electron chi connectivity index (χ3n) is 3.06. The van der Waals surface area contributed by atoms with Gasteiger partial charge in [0.05, 0.1) is 33.0 Å². The molecule has 9 nitrogen and oxygen atoms in total. The zero-order chi connectivity index (χ0) is 19.9. The number of benzene rings is 1. The van der Waals surface area contributed by atoms with Gasteiger partial charge in [-0.2, -0.15) is 5.26 Å². The van der Waals surface area contributed by atoms with Crippen molar-refractivity contribution in [3.05, 3.63) is 46.4 Å². The Morgan fingerprint density at radius 3 is 2.56 bits per heavy atom. The number of hydrogen-bond donors (Lipinski definition) is 2. The molecular formula is C18H20N2O7. The van der Waals surface area contributed by atoms with Crippen LogP contribution in [0.4, 0.5) is 5.69 Å². The second kappa shape index (κ2) is 13.2. The highest BCUT2D eigenvalue weighted by atomic mass is 16.6. The van der Waals surface area contributed by atoms with Crippen LogP contribution in [0.15, 0.2) is 41.1 Å². The van der Waals surface area contributed by atoms with Gasteiger partial charge in [-0.25, -0.2) is 4.79 Å². The Morgan fingerprint density at radius 2 is 1.89 bits per heavy atom. The minimum absolute atomic E-state index is 0.0199. The number of carbonyl (C=O) groups excluding carboxylic acids is 1. The number of aliphatic hydroxyl groups is 1. The second-order valence-electron chi connectivity index (χ2n) is 4.97. The maximum Gasteiger partial charge on any atom is 0.348 e. The lowest BCUT2D eigenvalue weighted by Gasteiger charge is -2.05. The molecule has 1 rings (SSSR count). The monoisotopic (exact) mass is 376 g/mol. The number of phenols is 1. The van der Waals surface area contributed by atoms with E-state index in [9.17, 15) is 14.8 Å². The van der Waals surface area contributed by atoms with Gasteiger partial charge < -0.3 is 24.4 Å². The predicted octanol–water partition coefficient (Wildman–Crippen LogP) is 1.82. The normalized spacial score (nSPS) is 11.3. The zero-order valence-corrected chi connectivity index (χ0v) is 14.5. The van der Waals surface area contributed by atoms with Crippen molar-refractivity contribution in [1.29, 1.82) is 5.26 Å². The lowest BCUT2D eigenvalue weighted by Crippen LogP contribution is -2.14. The van der Waals surface area contributed by atoms with Gasteiger partial charge in [-0.05, 0) is 28.9 Å². The highest BCUT2D eigenvalue weighted by Crippen LogP contribution is 2.27. The first-order chi connectivity index (χ1) is 13.1. The molecule has 0 atom stereocenters. The molecule has 0 saturated heterocycles. The molecule has 0 fully saturated rings. The van der Waals surface area contributed by atoms with E-state index in [2.05, 4.69) is 5.18 Å². The molecule has 0 aliphatic heterocycles. The third-order valence-corrected chi connectivity index (χ3v) is 3.06. The average Bonchev–Trinajstić information content (AvgIpc) is 2.68. The highest BCUT2D eigenvalue weighted by Gasteiger charge is 2.09. The van der Waals surface area contributed by atoms with Gasteiger partial charge in [0, 0.05) is 0 Å². The van der Waals surface area contributed by atoms with E-state index in [0.717, 1.165) is 0 Å². The molecule has 0 aliphatic carbocycles. The first-order valence-corrected chi connectivity index (χ1v) is 8.00. The number of aliphatic hydroxyl groups excluding tert-OH is 1. The Balaban J connectivity index is 2.44. The van der Waals surface area contributed by atoms with Crippen molar-refractivity contribution < 1.29 is 29.2 Å². The van der Waals surface area contributed by atoms with Crippen molar-refractivity contribution in [2.24, 2.45) is 5.18 Å². The number of ether oxygens (including phenoxy) is 3. The number of rotatable bonds is 12. The van der Waals surface area contributed by atoms with Gasteiger partial charge in [-0.1, -0.05) is 18.2 Å². The lowest BCUT2D eigenvalue weighted by molar-refractivity contribution is -0.140. The van der Waals surface area contributed by atoms with E-state index in [-0.39, 0.29) is 43.4 Å². The third kappa shape index (κ3) is 8.73. The minimum atomic E-state index is -0.789. The van der Waals surface area contributed by atoms with E-state index in [1.54, 1.807) is 12.1 Å². The Bertz CT molecular complexity index is 723. The van der Waals surface area contributed by atoms with Crippen LogP contribution in [0.25, 0.3) is 6.08 Å². The number of nitrogens with zero attached hydrogens (tertiary/aromatic N) is 2. The average molecular weight is 376 g/mol. The first-order valence-electron chi connectivity index (χ1n) is 8.00. The van der Waals surface area contributed by atoms with Gasteiger partial charge in [-0.15, -0.1) is 4.91 Å². The van der Waals surface area contributed by atoms with E-state index in [1.807, 2.05) is 0 Å². The molecule has 0 aromatic heterocycles. The van der Waals surface area contributed by atoms with Gasteiger partial charge in [0.15, 0.2) is 0 Å². The molecule has 0 saturated carbocycles. The van der Waals surface area contributed by atoms with Crippen molar-refractivity contribution >= 4 is 17.7 Å². The molecule has 144 valence electrons. The number of nitriles is 1. The number of allylic oxidation sites excluding steroid dienone is 2. The van der Waals surface area contributed by atoms with E-state index in [4.69, 9.17) is 24.6 Å². The van der Waals surface area contributed by atoms with Crippen LogP contribution in [0.1, 0.15) is 5.56 Å². The lowest BCUT2D eigenvalue weighted by atomic mass is 10.1. The second-order valence-corrected chi connectivity index (χ2v) is 4.97. The van der Waals surface area contributed by atoms with Crippen molar-refractivity contribution in [2.75, 3.05) is 39.6 Å². The maximum absolute atomic E-state index is 11.8. The maximum atomic E-state index is 11.8. The van der Waals surface area contributed by atoms with Crippen LogP contribution >= 0.6 is 0 Å². The summed E-state index contributed by atoms with van der Waals surface area (Å²) in [6, 6.07) is 5.95. The fourth-order valence-corrected chi connectivity index (χ4v) is 1.78. The Hall–Kier alpha value is -3.06. The molecular weight excluding hydrogens is 356 g/mol. The molecule has 27 heavy (non-hydrogen) atoms. The van der Waals surface area contributed by atoms with E-state index >= 15 is 0 Å². The van der Waals surface area contributed by atoms with Gasteiger partial charge in [0.25, 0.3) is 0 Å². The summed E-state index contributed by atoms with van der Waals surface area (Å²) in [4.78, 5) is 22.3. The summed E-state index contributed by atoms with van der Waals surface area (Å²) < 4.78 is 15.1. The predicted molar refractivity (Wildman–Crippen MR) is 96.0 cm³/mol. The van der Waals surface area contributed by atoms with Gasteiger partial charge in [0.2, 0.25) is 0 Å². The van der Waals surface area contributed by atoms with Crippen LogP contribution in [0.5, 0.6) is 5.75 Å². The summed E-state index contributed by atoms with van der Waals surface area (Å²) in [6.07, 6.45) is 4.25. The fourth-order valence-electron chi connectivity index (χ4n) is 1.78. The Morgan fingerprint density at radius 1 is 1.19 bits per heavy atom. The standard InChI is InChI=1S/C18H20N2O7/c19-13-15(18(23)27-11-10-26-9-8-25-7-6-21)3-1-2-14-4-5-17(22)16(12-14)20-24/h1-5,12,21-22H,6-11H2/b2-1+,15-3+. The van der Waals surface area contributed by atoms with Crippen LogP contribution in [0.2, 0.25) is 0 Å². The van der Waals surface area contributed by atoms with E-state index in [1.165, 1.54) is 30.4 Å². The van der Waals surface area contributed by atoms with Crippen LogP contribution in [0, 0.1) is 16.2 Å². The van der Waals surface area contributed by atoms with Crippen molar-refractivity contribution in [3.63, 3.8) is 0 Å². The Labute approximate surface area is 156 Å².